The van der Waals surface area contributed by atoms with E-state index in [1.54, 1.807) is 11.3 Å². The third kappa shape index (κ3) is 3.05. The molecule has 1 heterocycles. The Morgan fingerprint density at radius 1 is 1.44 bits per heavy atom. The molecule has 1 fully saturated rings. The second kappa shape index (κ2) is 5.78. The molecule has 0 saturated heterocycles. The molecule has 90 valence electrons. The maximum absolute atomic E-state index is 4.33. The highest BCUT2D eigenvalue weighted by Crippen LogP contribution is 2.30. The predicted octanol–water partition coefficient (Wildman–Crippen LogP) is 3.45. The van der Waals surface area contributed by atoms with E-state index >= 15 is 0 Å². The maximum atomic E-state index is 4.33. The zero-order valence-corrected chi connectivity index (χ0v) is 11.1. The molecule has 0 bridgehead atoms. The first-order chi connectivity index (χ1) is 7.77. The van der Waals surface area contributed by atoms with Gasteiger partial charge < -0.3 is 5.32 Å². The standard InChI is InChI=1S/C13H22N2S/c1-10(2)11-5-3-4-6-12(11)15-9-13-14-7-8-16-13/h7-8,10-12,15H,3-6,9H2,1-2H3. The molecule has 1 aromatic rings. The SMILES string of the molecule is CC(C)C1CCCCC1NCc1nccs1. The molecule has 0 amide bonds. The van der Waals surface area contributed by atoms with Crippen LogP contribution in [0.4, 0.5) is 0 Å². The van der Waals surface area contributed by atoms with Gasteiger partial charge in [0.25, 0.3) is 0 Å². The van der Waals surface area contributed by atoms with Crippen molar-refractivity contribution < 1.29 is 0 Å². The first-order valence-electron chi connectivity index (χ1n) is 6.39. The second-order valence-corrected chi connectivity index (χ2v) is 6.08. The van der Waals surface area contributed by atoms with Crippen molar-refractivity contribution in [2.24, 2.45) is 11.8 Å². The molecule has 0 aromatic carbocycles. The molecule has 1 aromatic heterocycles. The van der Waals surface area contributed by atoms with Gasteiger partial charge in [-0.2, -0.15) is 0 Å². The van der Waals surface area contributed by atoms with Crippen LogP contribution >= 0.6 is 11.3 Å². The highest BCUT2D eigenvalue weighted by molar-refractivity contribution is 7.09. The van der Waals surface area contributed by atoms with Gasteiger partial charge in [-0.15, -0.1) is 11.3 Å². The Bertz CT molecular complexity index is 295. The van der Waals surface area contributed by atoms with E-state index in [0.717, 1.165) is 18.4 Å². The highest BCUT2D eigenvalue weighted by atomic mass is 32.1. The third-order valence-electron chi connectivity index (χ3n) is 3.67. The fourth-order valence-electron chi connectivity index (χ4n) is 2.77. The van der Waals surface area contributed by atoms with Gasteiger partial charge in [-0.1, -0.05) is 26.7 Å². The van der Waals surface area contributed by atoms with E-state index in [0.29, 0.717) is 6.04 Å². The van der Waals surface area contributed by atoms with E-state index in [1.807, 2.05) is 6.20 Å². The lowest BCUT2D eigenvalue weighted by molar-refractivity contribution is 0.204. The first kappa shape index (κ1) is 12.1. The van der Waals surface area contributed by atoms with Gasteiger partial charge in [-0.25, -0.2) is 4.98 Å². The van der Waals surface area contributed by atoms with Gasteiger partial charge >= 0.3 is 0 Å². The molecular weight excluding hydrogens is 216 g/mol. The Balaban J connectivity index is 1.86. The molecule has 1 N–H and O–H groups in total. The molecule has 2 rings (SSSR count). The first-order valence-corrected chi connectivity index (χ1v) is 7.27. The van der Waals surface area contributed by atoms with Crippen LogP contribution in [0.5, 0.6) is 0 Å². The minimum Gasteiger partial charge on any atom is -0.307 e. The Morgan fingerprint density at radius 2 is 2.25 bits per heavy atom. The fraction of sp³-hybridized carbons (Fsp3) is 0.769. The summed E-state index contributed by atoms with van der Waals surface area (Å²) >= 11 is 1.75. The molecule has 16 heavy (non-hydrogen) atoms. The number of aromatic nitrogens is 1. The number of rotatable bonds is 4. The summed E-state index contributed by atoms with van der Waals surface area (Å²) < 4.78 is 0. The maximum Gasteiger partial charge on any atom is 0.106 e. The summed E-state index contributed by atoms with van der Waals surface area (Å²) in [5, 5.41) is 6.97. The topological polar surface area (TPSA) is 24.9 Å². The second-order valence-electron chi connectivity index (χ2n) is 5.11. The zero-order valence-electron chi connectivity index (χ0n) is 10.3. The normalized spacial score (nSPS) is 26.2. The van der Waals surface area contributed by atoms with E-state index in [-0.39, 0.29) is 0 Å². The minimum atomic E-state index is 0.706. The molecule has 1 aliphatic rings. The number of hydrogen-bond donors (Lipinski definition) is 1. The van der Waals surface area contributed by atoms with Gasteiger partial charge in [0, 0.05) is 24.2 Å². The van der Waals surface area contributed by atoms with Crippen LogP contribution < -0.4 is 5.32 Å². The van der Waals surface area contributed by atoms with E-state index < -0.39 is 0 Å². The van der Waals surface area contributed by atoms with Crippen molar-refractivity contribution in [2.45, 2.75) is 52.1 Å². The number of nitrogens with zero attached hydrogens (tertiary/aromatic N) is 1. The van der Waals surface area contributed by atoms with Crippen molar-refractivity contribution >= 4 is 11.3 Å². The monoisotopic (exact) mass is 238 g/mol. The molecule has 0 radical (unpaired) electrons. The van der Waals surface area contributed by atoms with Crippen LogP contribution in [-0.2, 0) is 6.54 Å². The fourth-order valence-corrected chi connectivity index (χ4v) is 3.34. The van der Waals surface area contributed by atoms with Crippen molar-refractivity contribution in [1.29, 1.82) is 0 Å². The van der Waals surface area contributed by atoms with Gasteiger partial charge in [0.15, 0.2) is 0 Å². The summed E-state index contributed by atoms with van der Waals surface area (Å²) in [7, 11) is 0. The van der Waals surface area contributed by atoms with E-state index in [4.69, 9.17) is 0 Å². The van der Waals surface area contributed by atoms with Crippen molar-refractivity contribution in [3.05, 3.63) is 16.6 Å². The van der Waals surface area contributed by atoms with Crippen molar-refractivity contribution in [1.82, 2.24) is 10.3 Å². The molecule has 2 nitrogen and oxygen atoms in total. The lowest BCUT2D eigenvalue weighted by Gasteiger charge is -2.34. The summed E-state index contributed by atoms with van der Waals surface area (Å²) in [5.41, 5.74) is 0. The molecule has 2 unspecified atom stereocenters. The molecule has 1 saturated carbocycles. The summed E-state index contributed by atoms with van der Waals surface area (Å²) in [6.45, 7) is 5.66. The van der Waals surface area contributed by atoms with Gasteiger partial charge in [0.2, 0.25) is 0 Å². The van der Waals surface area contributed by atoms with Gasteiger partial charge in [0.1, 0.15) is 5.01 Å². The largest absolute Gasteiger partial charge is 0.307 e. The zero-order chi connectivity index (χ0) is 11.4. The summed E-state index contributed by atoms with van der Waals surface area (Å²) in [6.07, 6.45) is 7.43. The van der Waals surface area contributed by atoms with Crippen molar-refractivity contribution in [2.75, 3.05) is 0 Å². The molecular formula is C13H22N2S. The predicted molar refractivity (Wildman–Crippen MR) is 69.5 cm³/mol. The molecule has 1 aliphatic carbocycles. The molecule has 0 aliphatic heterocycles. The Morgan fingerprint density at radius 3 is 2.94 bits per heavy atom. The van der Waals surface area contributed by atoms with Crippen LogP contribution in [0.3, 0.4) is 0 Å². The van der Waals surface area contributed by atoms with Crippen LogP contribution in [0.1, 0.15) is 44.5 Å². The van der Waals surface area contributed by atoms with Gasteiger partial charge in [0.05, 0.1) is 0 Å². The Labute approximate surface area is 102 Å². The molecule has 2 atom stereocenters. The van der Waals surface area contributed by atoms with Crippen molar-refractivity contribution in [3.8, 4) is 0 Å². The number of nitrogens with one attached hydrogen (secondary N) is 1. The third-order valence-corrected chi connectivity index (χ3v) is 4.45. The van der Waals surface area contributed by atoms with Crippen LogP contribution in [0, 0.1) is 11.8 Å². The highest BCUT2D eigenvalue weighted by Gasteiger charge is 2.26. The minimum absolute atomic E-state index is 0.706. The molecule has 0 spiro atoms. The van der Waals surface area contributed by atoms with E-state index in [9.17, 15) is 0 Å². The van der Waals surface area contributed by atoms with Crippen LogP contribution in [0.15, 0.2) is 11.6 Å². The van der Waals surface area contributed by atoms with Gasteiger partial charge in [-0.3, -0.25) is 0 Å². The Kier molecular flexibility index (Phi) is 4.36. The van der Waals surface area contributed by atoms with Crippen LogP contribution in [-0.4, -0.2) is 11.0 Å². The summed E-state index contributed by atoms with van der Waals surface area (Å²) in [5.74, 6) is 1.66. The quantitative estimate of drug-likeness (QED) is 0.869. The lowest BCUT2D eigenvalue weighted by Crippen LogP contribution is -2.40. The van der Waals surface area contributed by atoms with E-state index in [2.05, 4.69) is 29.5 Å². The molecule has 3 heteroatoms. The Hall–Kier alpha value is -0.410. The smallest absolute Gasteiger partial charge is 0.106 e. The van der Waals surface area contributed by atoms with E-state index in [1.165, 1.54) is 30.7 Å². The lowest BCUT2D eigenvalue weighted by atomic mass is 9.78. The average Bonchev–Trinajstić information content (AvgIpc) is 2.79. The number of thiazole rings is 1. The van der Waals surface area contributed by atoms with Crippen molar-refractivity contribution in [3.63, 3.8) is 0 Å². The summed E-state index contributed by atoms with van der Waals surface area (Å²) in [4.78, 5) is 4.33. The van der Waals surface area contributed by atoms with Gasteiger partial charge in [-0.05, 0) is 24.7 Å². The van der Waals surface area contributed by atoms with Crippen LogP contribution in [0.25, 0.3) is 0 Å². The average molecular weight is 238 g/mol. The summed E-state index contributed by atoms with van der Waals surface area (Å²) in [6, 6.07) is 0.706. The number of hydrogen-bond acceptors (Lipinski definition) is 3. The van der Waals surface area contributed by atoms with Crippen LogP contribution in [0.2, 0.25) is 0 Å².